The van der Waals surface area contributed by atoms with Crippen molar-refractivity contribution in [3.8, 4) is 0 Å². The topological polar surface area (TPSA) is 78.1 Å². The van der Waals surface area contributed by atoms with E-state index in [4.69, 9.17) is 0 Å². The molecule has 1 aliphatic carbocycles. The molecule has 154 valence electrons. The molecule has 3 atom stereocenters. The zero-order chi connectivity index (χ0) is 19.8. The molecule has 2 heterocycles. The molecule has 1 aromatic rings. The number of hydrogen-bond acceptors (Lipinski definition) is 4. The van der Waals surface area contributed by atoms with Crippen LogP contribution in [0.1, 0.15) is 64.3 Å². The monoisotopic (exact) mass is 396 g/mol. The lowest BCUT2D eigenvalue weighted by molar-refractivity contribution is 0.146. The van der Waals surface area contributed by atoms with Gasteiger partial charge in [-0.3, -0.25) is 5.10 Å². The van der Waals surface area contributed by atoms with Gasteiger partial charge in [-0.1, -0.05) is 27.2 Å². The quantitative estimate of drug-likeness (QED) is 0.801. The molecule has 0 radical (unpaired) electrons. The second-order valence-corrected chi connectivity index (χ2v) is 10.9. The van der Waals surface area contributed by atoms with Gasteiger partial charge in [0.1, 0.15) is 4.90 Å². The summed E-state index contributed by atoms with van der Waals surface area (Å²) in [5.74, 6) is 2.21. The Balaban J connectivity index is 1.62. The Morgan fingerprint density at radius 3 is 2.37 bits per heavy atom. The molecule has 2 N–H and O–H groups in total. The normalized spacial score (nSPS) is 28.7. The minimum atomic E-state index is -3.46. The van der Waals surface area contributed by atoms with Gasteiger partial charge >= 0.3 is 0 Å². The Morgan fingerprint density at radius 1 is 1.15 bits per heavy atom. The molecule has 1 aliphatic heterocycles. The van der Waals surface area contributed by atoms with Crippen molar-refractivity contribution in [2.75, 3.05) is 13.1 Å². The van der Waals surface area contributed by atoms with Gasteiger partial charge in [-0.2, -0.15) is 9.40 Å². The van der Waals surface area contributed by atoms with Crippen LogP contribution in [-0.4, -0.2) is 48.1 Å². The third-order valence-corrected chi connectivity index (χ3v) is 8.75. The standard InChI is InChI=1S/C20H36N4O2S/c1-13(2)18-7-6-14(3)12-19(18)21-17-8-10-24(11-9-17)27(25,26)20-15(4)22-23-16(20)5/h13-14,17-19,21H,6-12H2,1-5H3,(H,22,23)/t14-,18-,19-/m1/s1. The number of nitrogens with one attached hydrogen (secondary N) is 2. The highest BCUT2D eigenvalue weighted by Crippen LogP contribution is 2.34. The molecule has 0 unspecified atom stereocenters. The first kappa shape index (κ1) is 20.8. The maximum Gasteiger partial charge on any atom is 0.246 e. The first-order valence-electron chi connectivity index (χ1n) is 10.5. The van der Waals surface area contributed by atoms with Crippen LogP contribution in [-0.2, 0) is 10.0 Å². The molecular formula is C20H36N4O2S. The van der Waals surface area contributed by atoms with E-state index in [1.54, 1.807) is 18.2 Å². The van der Waals surface area contributed by atoms with Crippen LogP contribution in [0.4, 0.5) is 0 Å². The lowest BCUT2D eigenvalue weighted by Gasteiger charge is -2.41. The van der Waals surface area contributed by atoms with Gasteiger partial charge in [-0.25, -0.2) is 8.42 Å². The predicted molar refractivity (Wildman–Crippen MR) is 108 cm³/mol. The van der Waals surface area contributed by atoms with Gasteiger partial charge in [0.05, 0.1) is 11.4 Å². The zero-order valence-corrected chi connectivity index (χ0v) is 18.3. The third kappa shape index (κ3) is 4.40. The van der Waals surface area contributed by atoms with E-state index in [1.165, 1.54) is 19.3 Å². The van der Waals surface area contributed by atoms with Crippen LogP contribution in [0.5, 0.6) is 0 Å². The van der Waals surface area contributed by atoms with Crippen LogP contribution in [0, 0.1) is 31.6 Å². The summed E-state index contributed by atoms with van der Waals surface area (Å²) < 4.78 is 27.7. The number of nitrogens with zero attached hydrogens (tertiary/aromatic N) is 2. The molecule has 0 amide bonds. The van der Waals surface area contributed by atoms with Gasteiger partial charge in [-0.15, -0.1) is 0 Å². The molecule has 27 heavy (non-hydrogen) atoms. The van der Waals surface area contributed by atoms with E-state index in [9.17, 15) is 8.42 Å². The van der Waals surface area contributed by atoms with Gasteiger partial charge in [0.15, 0.2) is 0 Å². The Bertz CT molecular complexity index is 716. The van der Waals surface area contributed by atoms with Crippen LogP contribution < -0.4 is 5.32 Å². The smallest absolute Gasteiger partial charge is 0.246 e. The second kappa shape index (κ2) is 8.21. The molecule has 1 saturated carbocycles. The van der Waals surface area contributed by atoms with Crippen molar-refractivity contribution in [3.05, 3.63) is 11.4 Å². The van der Waals surface area contributed by atoms with E-state index in [0.29, 0.717) is 47.4 Å². The van der Waals surface area contributed by atoms with Crippen LogP contribution in [0.25, 0.3) is 0 Å². The molecule has 0 bridgehead atoms. The van der Waals surface area contributed by atoms with Crippen LogP contribution in [0.2, 0.25) is 0 Å². The van der Waals surface area contributed by atoms with Crippen molar-refractivity contribution < 1.29 is 8.42 Å². The summed E-state index contributed by atoms with van der Waals surface area (Å²) >= 11 is 0. The van der Waals surface area contributed by atoms with Gasteiger partial charge < -0.3 is 5.32 Å². The summed E-state index contributed by atoms with van der Waals surface area (Å²) in [5.41, 5.74) is 1.19. The van der Waals surface area contributed by atoms with Crippen LogP contribution in [0.15, 0.2) is 4.90 Å². The van der Waals surface area contributed by atoms with Gasteiger partial charge in [0, 0.05) is 25.2 Å². The summed E-state index contributed by atoms with van der Waals surface area (Å²) in [7, 11) is -3.46. The van der Waals surface area contributed by atoms with Crippen LogP contribution >= 0.6 is 0 Å². The largest absolute Gasteiger partial charge is 0.311 e. The SMILES string of the molecule is Cc1n[nH]c(C)c1S(=O)(=O)N1CCC(N[C@@H]2C[C@H](C)CC[C@@H]2C(C)C)CC1. The van der Waals surface area contributed by atoms with Crippen molar-refractivity contribution in [1.29, 1.82) is 0 Å². The van der Waals surface area contributed by atoms with Gasteiger partial charge in [0.2, 0.25) is 10.0 Å². The summed E-state index contributed by atoms with van der Waals surface area (Å²) in [6.07, 6.45) is 5.65. The lowest BCUT2D eigenvalue weighted by atomic mass is 9.73. The minimum Gasteiger partial charge on any atom is -0.311 e. The molecule has 0 spiro atoms. The van der Waals surface area contributed by atoms with E-state index in [-0.39, 0.29) is 0 Å². The van der Waals surface area contributed by atoms with E-state index < -0.39 is 10.0 Å². The second-order valence-electron chi connectivity index (χ2n) is 9.04. The van der Waals surface area contributed by atoms with E-state index >= 15 is 0 Å². The Morgan fingerprint density at radius 2 is 1.81 bits per heavy atom. The fraction of sp³-hybridized carbons (Fsp3) is 0.850. The number of aromatic nitrogens is 2. The van der Waals surface area contributed by atoms with E-state index in [2.05, 4.69) is 36.3 Å². The number of aryl methyl sites for hydroxylation is 2. The molecule has 2 aliphatic rings. The molecule has 1 saturated heterocycles. The fourth-order valence-corrected chi connectivity index (χ4v) is 6.81. The molecule has 6 nitrogen and oxygen atoms in total. The van der Waals surface area contributed by atoms with Crippen molar-refractivity contribution >= 4 is 10.0 Å². The average molecular weight is 397 g/mol. The highest BCUT2D eigenvalue weighted by molar-refractivity contribution is 7.89. The average Bonchev–Trinajstić information content (AvgIpc) is 2.94. The third-order valence-electron chi connectivity index (χ3n) is 6.58. The van der Waals surface area contributed by atoms with E-state index in [0.717, 1.165) is 24.7 Å². The molecular weight excluding hydrogens is 360 g/mol. The molecule has 7 heteroatoms. The molecule has 2 fully saturated rings. The van der Waals surface area contributed by atoms with Crippen molar-refractivity contribution in [1.82, 2.24) is 19.8 Å². The van der Waals surface area contributed by atoms with Gasteiger partial charge in [-0.05, 0) is 57.3 Å². The van der Waals surface area contributed by atoms with Crippen LogP contribution in [0.3, 0.4) is 0 Å². The Labute approximate surface area is 164 Å². The highest BCUT2D eigenvalue weighted by atomic mass is 32.2. The van der Waals surface area contributed by atoms with E-state index in [1.807, 2.05) is 0 Å². The predicted octanol–water partition coefficient (Wildman–Crippen LogP) is 3.23. The minimum absolute atomic E-state index is 0.356. The Hall–Kier alpha value is -0.920. The molecule has 0 aromatic carbocycles. The summed E-state index contributed by atoms with van der Waals surface area (Å²) in [6, 6.07) is 0.986. The number of piperidine rings is 1. The fourth-order valence-electron chi connectivity index (χ4n) is 5.01. The summed E-state index contributed by atoms with van der Waals surface area (Å²) in [4.78, 5) is 0.356. The molecule has 1 aromatic heterocycles. The van der Waals surface area contributed by atoms with Crippen molar-refractivity contribution in [2.24, 2.45) is 17.8 Å². The number of sulfonamides is 1. The summed E-state index contributed by atoms with van der Waals surface area (Å²) in [5, 5.41) is 10.8. The first-order chi connectivity index (χ1) is 12.7. The lowest BCUT2D eigenvalue weighted by Crippen LogP contribution is -2.51. The maximum absolute atomic E-state index is 13.0. The zero-order valence-electron chi connectivity index (χ0n) is 17.5. The van der Waals surface area contributed by atoms with Crippen molar-refractivity contribution in [2.45, 2.75) is 83.7 Å². The summed E-state index contributed by atoms with van der Waals surface area (Å²) in [6.45, 7) is 11.7. The number of hydrogen-bond donors (Lipinski definition) is 2. The maximum atomic E-state index is 13.0. The highest BCUT2D eigenvalue weighted by Gasteiger charge is 2.36. The Kier molecular flexibility index (Phi) is 6.33. The number of aromatic amines is 1. The number of H-pyrrole nitrogens is 1. The van der Waals surface area contributed by atoms with Crippen molar-refractivity contribution in [3.63, 3.8) is 0 Å². The van der Waals surface area contributed by atoms with Gasteiger partial charge in [0.25, 0.3) is 0 Å². The molecule has 3 rings (SSSR count). The number of rotatable bonds is 5. The first-order valence-corrected chi connectivity index (χ1v) is 11.9.